The van der Waals surface area contributed by atoms with Crippen molar-refractivity contribution in [2.24, 2.45) is 0 Å². The van der Waals surface area contributed by atoms with Gasteiger partial charge in [-0.2, -0.15) is 0 Å². The van der Waals surface area contributed by atoms with Crippen molar-refractivity contribution in [3.63, 3.8) is 0 Å². The second kappa shape index (κ2) is 8.19. The quantitative estimate of drug-likeness (QED) is 0.815. The average molecular weight is 381 g/mol. The molecule has 2 amide bonds. The van der Waals surface area contributed by atoms with E-state index in [1.54, 1.807) is 15.9 Å². The van der Waals surface area contributed by atoms with Gasteiger partial charge in [-0.25, -0.2) is 0 Å². The van der Waals surface area contributed by atoms with Crippen molar-refractivity contribution in [3.05, 3.63) is 54.0 Å². The summed E-state index contributed by atoms with van der Waals surface area (Å²) in [7, 11) is 0. The standard InChI is InChI=1S/C22H27N3O3/c1-17(23-12-6-3-7-13-23)19-10-11-20(28-19)22(27)24-14-15-25(21(26)16-24)18-8-4-2-5-9-18/h2,4-5,8-11,17H,3,6-7,12-16H2,1H3. The Kier molecular flexibility index (Phi) is 5.48. The van der Waals surface area contributed by atoms with Crippen LogP contribution in [0.15, 0.2) is 46.9 Å². The third-order valence-electron chi connectivity index (χ3n) is 5.76. The first-order chi connectivity index (χ1) is 13.6. The van der Waals surface area contributed by atoms with E-state index in [1.165, 1.54) is 19.3 Å². The maximum atomic E-state index is 12.8. The highest BCUT2D eigenvalue weighted by molar-refractivity contribution is 6.00. The molecule has 2 aromatic rings. The summed E-state index contributed by atoms with van der Waals surface area (Å²) >= 11 is 0. The second-order valence-electron chi connectivity index (χ2n) is 7.58. The third kappa shape index (κ3) is 3.83. The van der Waals surface area contributed by atoms with E-state index in [1.807, 2.05) is 36.4 Å². The van der Waals surface area contributed by atoms with Crippen LogP contribution in [0.4, 0.5) is 5.69 Å². The molecule has 0 aliphatic carbocycles. The number of carbonyl (C=O) groups excluding carboxylic acids is 2. The molecular formula is C22H27N3O3. The van der Waals surface area contributed by atoms with Gasteiger partial charge in [-0.1, -0.05) is 24.6 Å². The molecular weight excluding hydrogens is 354 g/mol. The smallest absolute Gasteiger partial charge is 0.290 e. The van der Waals surface area contributed by atoms with Crippen LogP contribution in [-0.4, -0.2) is 54.3 Å². The number of para-hydroxylation sites is 1. The number of carbonyl (C=O) groups is 2. The number of hydrogen-bond donors (Lipinski definition) is 0. The number of hydrogen-bond acceptors (Lipinski definition) is 4. The Bertz CT molecular complexity index is 827. The van der Waals surface area contributed by atoms with E-state index in [9.17, 15) is 9.59 Å². The SMILES string of the molecule is CC(c1ccc(C(=O)N2CCN(c3ccccc3)C(=O)C2)o1)N1CCCCC1. The molecule has 0 bridgehead atoms. The van der Waals surface area contributed by atoms with Gasteiger partial charge in [0, 0.05) is 18.8 Å². The molecule has 2 saturated heterocycles. The number of likely N-dealkylation sites (tertiary alicyclic amines) is 1. The number of amides is 2. The van der Waals surface area contributed by atoms with Crippen LogP contribution in [0.3, 0.4) is 0 Å². The lowest BCUT2D eigenvalue weighted by atomic mass is 10.1. The van der Waals surface area contributed by atoms with Gasteiger partial charge in [-0.05, 0) is 57.1 Å². The topological polar surface area (TPSA) is 57.0 Å². The van der Waals surface area contributed by atoms with Crippen LogP contribution in [-0.2, 0) is 4.79 Å². The molecule has 0 spiro atoms. The van der Waals surface area contributed by atoms with Crippen molar-refractivity contribution in [2.75, 3.05) is 37.6 Å². The molecule has 1 aromatic heterocycles. The van der Waals surface area contributed by atoms with Crippen molar-refractivity contribution in [2.45, 2.75) is 32.2 Å². The normalized spacial score (nSPS) is 19.7. The maximum Gasteiger partial charge on any atom is 0.290 e. The van der Waals surface area contributed by atoms with Gasteiger partial charge < -0.3 is 14.2 Å². The zero-order valence-electron chi connectivity index (χ0n) is 16.3. The molecule has 6 nitrogen and oxygen atoms in total. The first kappa shape index (κ1) is 18.7. The van der Waals surface area contributed by atoms with E-state index in [0.29, 0.717) is 18.8 Å². The van der Waals surface area contributed by atoms with Crippen LogP contribution in [0.5, 0.6) is 0 Å². The summed E-state index contributed by atoms with van der Waals surface area (Å²) in [5, 5.41) is 0. The number of rotatable bonds is 4. The summed E-state index contributed by atoms with van der Waals surface area (Å²) in [5.41, 5.74) is 0.871. The largest absolute Gasteiger partial charge is 0.454 e. The number of nitrogens with zero attached hydrogens (tertiary/aromatic N) is 3. The van der Waals surface area contributed by atoms with Crippen molar-refractivity contribution in [3.8, 4) is 0 Å². The third-order valence-corrected chi connectivity index (χ3v) is 5.76. The Morgan fingerprint density at radius 1 is 0.964 bits per heavy atom. The van der Waals surface area contributed by atoms with Gasteiger partial charge in [0.25, 0.3) is 5.91 Å². The molecule has 148 valence electrons. The van der Waals surface area contributed by atoms with Crippen molar-refractivity contribution in [1.29, 1.82) is 0 Å². The van der Waals surface area contributed by atoms with E-state index in [-0.39, 0.29) is 24.4 Å². The highest BCUT2D eigenvalue weighted by Crippen LogP contribution is 2.26. The lowest BCUT2D eigenvalue weighted by Gasteiger charge is -2.34. The Balaban J connectivity index is 1.40. The zero-order chi connectivity index (χ0) is 19.5. The van der Waals surface area contributed by atoms with E-state index in [2.05, 4.69) is 11.8 Å². The summed E-state index contributed by atoms with van der Waals surface area (Å²) in [6.07, 6.45) is 3.71. The van der Waals surface area contributed by atoms with Crippen molar-refractivity contribution in [1.82, 2.24) is 9.80 Å². The number of piperazine rings is 1. The van der Waals surface area contributed by atoms with E-state index < -0.39 is 0 Å². The minimum Gasteiger partial charge on any atom is -0.454 e. The van der Waals surface area contributed by atoms with Crippen LogP contribution in [0.2, 0.25) is 0 Å². The predicted octanol–water partition coefficient (Wildman–Crippen LogP) is 3.32. The average Bonchev–Trinajstić information content (AvgIpc) is 3.24. The molecule has 1 aromatic carbocycles. The Labute approximate surface area is 165 Å². The fourth-order valence-corrected chi connectivity index (χ4v) is 4.06. The fraction of sp³-hybridized carbons (Fsp3) is 0.455. The van der Waals surface area contributed by atoms with Gasteiger partial charge in [0.05, 0.1) is 6.04 Å². The van der Waals surface area contributed by atoms with Gasteiger partial charge in [0.15, 0.2) is 5.76 Å². The molecule has 3 heterocycles. The van der Waals surface area contributed by atoms with Gasteiger partial charge in [-0.3, -0.25) is 14.5 Å². The van der Waals surface area contributed by atoms with Crippen LogP contribution in [0, 0.1) is 0 Å². The number of anilines is 1. The van der Waals surface area contributed by atoms with E-state index in [0.717, 1.165) is 24.5 Å². The minimum absolute atomic E-state index is 0.0701. The molecule has 0 saturated carbocycles. The molecule has 1 unspecified atom stereocenters. The van der Waals surface area contributed by atoms with Crippen LogP contribution >= 0.6 is 0 Å². The number of furan rings is 1. The highest BCUT2D eigenvalue weighted by Gasteiger charge is 2.30. The molecule has 0 N–H and O–H groups in total. The molecule has 2 aliphatic heterocycles. The van der Waals surface area contributed by atoms with Gasteiger partial charge in [-0.15, -0.1) is 0 Å². The first-order valence-electron chi connectivity index (χ1n) is 10.1. The van der Waals surface area contributed by atoms with Crippen LogP contribution in [0.1, 0.15) is 48.5 Å². The highest BCUT2D eigenvalue weighted by atomic mass is 16.4. The number of benzene rings is 1. The lowest BCUT2D eigenvalue weighted by Crippen LogP contribution is -2.52. The van der Waals surface area contributed by atoms with Gasteiger partial charge in [0.2, 0.25) is 5.91 Å². The Morgan fingerprint density at radius 3 is 2.43 bits per heavy atom. The van der Waals surface area contributed by atoms with Gasteiger partial charge >= 0.3 is 0 Å². The molecule has 2 aliphatic rings. The Morgan fingerprint density at radius 2 is 1.71 bits per heavy atom. The summed E-state index contributed by atoms with van der Waals surface area (Å²) in [4.78, 5) is 31.1. The summed E-state index contributed by atoms with van der Waals surface area (Å²) in [6.45, 7) is 5.33. The van der Waals surface area contributed by atoms with Crippen molar-refractivity contribution >= 4 is 17.5 Å². The summed E-state index contributed by atoms with van der Waals surface area (Å²) in [6, 6.07) is 13.4. The lowest BCUT2D eigenvalue weighted by molar-refractivity contribution is -0.120. The summed E-state index contributed by atoms with van der Waals surface area (Å²) < 4.78 is 5.90. The van der Waals surface area contributed by atoms with E-state index >= 15 is 0 Å². The fourth-order valence-electron chi connectivity index (χ4n) is 4.06. The Hall–Kier alpha value is -2.60. The minimum atomic E-state index is -0.210. The summed E-state index contributed by atoms with van der Waals surface area (Å²) in [5.74, 6) is 0.858. The van der Waals surface area contributed by atoms with Crippen LogP contribution < -0.4 is 4.90 Å². The number of piperidine rings is 1. The molecule has 0 radical (unpaired) electrons. The molecule has 4 rings (SSSR count). The predicted molar refractivity (Wildman–Crippen MR) is 107 cm³/mol. The van der Waals surface area contributed by atoms with E-state index in [4.69, 9.17) is 4.42 Å². The maximum absolute atomic E-state index is 12.8. The van der Waals surface area contributed by atoms with Crippen molar-refractivity contribution < 1.29 is 14.0 Å². The van der Waals surface area contributed by atoms with Crippen LogP contribution in [0.25, 0.3) is 0 Å². The zero-order valence-corrected chi connectivity index (χ0v) is 16.3. The molecule has 1 atom stereocenters. The molecule has 28 heavy (non-hydrogen) atoms. The second-order valence-corrected chi connectivity index (χ2v) is 7.58. The van der Waals surface area contributed by atoms with Gasteiger partial charge in [0.1, 0.15) is 12.3 Å². The molecule has 6 heteroatoms. The molecule has 2 fully saturated rings. The monoisotopic (exact) mass is 381 g/mol. The first-order valence-corrected chi connectivity index (χ1v) is 10.1.